The molecule has 0 fully saturated rings. The summed E-state index contributed by atoms with van der Waals surface area (Å²) >= 11 is 0. The summed E-state index contributed by atoms with van der Waals surface area (Å²) in [6.07, 6.45) is 0. The van der Waals surface area contributed by atoms with Crippen LogP contribution in [-0.4, -0.2) is 0 Å². The minimum Gasteiger partial charge on any atom is -0.230 e. The molecule has 1 radical (unpaired) electrons. The highest BCUT2D eigenvalue weighted by atomic mass is 17.2. The van der Waals surface area contributed by atoms with Gasteiger partial charge in [0.05, 0.1) is 0 Å². The Balaban J connectivity index is 2.69. The summed E-state index contributed by atoms with van der Waals surface area (Å²) in [4.78, 5) is 10.0. The van der Waals surface area contributed by atoms with E-state index in [-0.39, 0.29) is 0 Å². The molecule has 0 spiro atoms. The topological polar surface area (TPSA) is 18.5 Å². The van der Waals surface area contributed by atoms with Gasteiger partial charge in [-0.25, -0.2) is 9.78 Å². The molecule has 2 nitrogen and oxygen atoms in total. The summed E-state index contributed by atoms with van der Waals surface area (Å²) in [7, 11) is 0. The van der Waals surface area contributed by atoms with Gasteiger partial charge in [-0.05, 0) is 26.3 Å². The maximum Gasteiger partial charge on any atom is 0.123 e. The molecular formula is C11H15O2. The van der Waals surface area contributed by atoms with Crippen molar-refractivity contribution in [2.24, 2.45) is 0 Å². The van der Waals surface area contributed by atoms with Gasteiger partial charge in [-0.15, -0.1) is 0 Å². The third-order valence-corrected chi connectivity index (χ3v) is 1.82. The van der Waals surface area contributed by atoms with Crippen LogP contribution in [0.5, 0.6) is 0 Å². The summed E-state index contributed by atoms with van der Waals surface area (Å²) < 4.78 is 0. The van der Waals surface area contributed by atoms with Crippen LogP contribution in [0.25, 0.3) is 0 Å². The van der Waals surface area contributed by atoms with Gasteiger partial charge < -0.3 is 0 Å². The average Bonchev–Trinajstić information content (AvgIpc) is 2.16. The lowest BCUT2D eigenvalue weighted by atomic mass is 9.99. The molecule has 0 aliphatic rings. The van der Waals surface area contributed by atoms with Crippen molar-refractivity contribution in [2.75, 3.05) is 0 Å². The van der Waals surface area contributed by atoms with Crippen LogP contribution in [0.3, 0.4) is 0 Å². The van der Waals surface area contributed by atoms with E-state index in [0.717, 1.165) is 5.56 Å². The monoisotopic (exact) mass is 179 g/mol. The molecule has 0 saturated heterocycles. The van der Waals surface area contributed by atoms with E-state index in [1.165, 1.54) is 6.61 Å². The number of hydrogen-bond acceptors (Lipinski definition) is 2. The van der Waals surface area contributed by atoms with Crippen LogP contribution in [0, 0.1) is 6.61 Å². The SMILES string of the molecule is C[CH]OOC(C)(C)c1ccccc1. The Morgan fingerprint density at radius 2 is 1.77 bits per heavy atom. The van der Waals surface area contributed by atoms with Gasteiger partial charge in [0.25, 0.3) is 0 Å². The maximum atomic E-state index is 5.21. The highest BCUT2D eigenvalue weighted by molar-refractivity contribution is 5.20. The molecule has 0 N–H and O–H groups in total. The Kier molecular flexibility index (Phi) is 3.46. The van der Waals surface area contributed by atoms with Crippen molar-refractivity contribution in [1.29, 1.82) is 0 Å². The molecule has 0 unspecified atom stereocenters. The Bertz CT molecular complexity index is 242. The van der Waals surface area contributed by atoms with Crippen molar-refractivity contribution in [3.05, 3.63) is 42.5 Å². The van der Waals surface area contributed by atoms with E-state index in [1.54, 1.807) is 6.92 Å². The standard InChI is InChI=1S/C11H15O2/c1-4-12-13-11(2,3)10-8-6-5-7-9-10/h4-9H,1-3H3. The van der Waals surface area contributed by atoms with Crippen LogP contribution in [0.15, 0.2) is 30.3 Å². The summed E-state index contributed by atoms with van der Waals surface area (Å²) in [5.74, 6) is 0. The smallest absolute Gasteiger partial charge is 0.123 e. The second-order valence-electron chi connectivity index (χ2n) is 3.29. The molecule has 0 atom stereocenters. The molecule has 1 aromatic rings. The molecule has 0 heterocycles. The fraction of sp³-hybridized carbons (Fsp3) is 0.364. The first kappa shape index (κ1) is 10.2. The van der Waals surface area contributed by atoms with Crippen molar-refractivity contribution in [3.63, 3.8) is 0 Å². The predicted molar refractivity (Wildman–Crippen MR) is 51.6 cm³/mol. The zero-order chi connectivity index (χ0) is 9.73. The number of rotatable bonds is 4. The zero-order valence-corrected chi connectivity index (χ0v) is 8.28. The first-order valence-electron chi connectivity index (χ1n) is 4.34. The first-order chi connectivity index (χ1) is 6.17. The highest BCUT2D eigenvalue weighted by Gasteiger charge is 2.21. The van der Waals surface area contributed by atoms with Crippen molar-refractivity contribution in [2.45, 2.75) is 26.4 Å². The van der Waals surface area contributed by atoms with Crippen molar-refractivity contribution >= 4 is 0 Å². The largest absolute Gasteiger partial charge is 0.230 e. The van der Waals surface area contributed by atoms with Crippen LogP contribution in [-0.2, 0) is 15.4 Å². The van der Waals surface area contributed by atoms with E-state index in [2.05, 4.69) is 0 Å². The normalized spacial score (nSPS) is 11.6. The Hall–Kier alpha value is -0.860. The van der Waals surface area contributed by atoms with E-state index >= 15 is 0 Å². The molecule has 71 valence electrons. The van der Waals surface area contributed by atoms with Crippen molar-refractivity contribution in [3.8, 4) is 0 Å². The first-order valence-corrected chi connectivity index (χ1v) is 4.34. The second kappa shape index (κ2) is 4.40. The van der Waals surface area contributed by atoms with Gasteiger partial charge in [-0.3, -0.25) is 0 Å². The molecular weight excluding hydrogens is 164 g/mol. The maximum absolute atomic E-state index is 5.21. The molecule has 0 aromatic heterocycles. The molecule has 13 heavy (non-hydrogen) atoms. The molecule has 1 aromatic carbocycles. The van der Waals surface area contributed by atoms with Crippen LogP contribution in [0.4, 0.5) is 0 Å². The summed E-state index contributed by atoms with van der Waals surface area (Å²) in [5.41, 5.74) is 0.685. The summed E-state index contributed by atoms with van der Waals surface area (Å²) in [5, 5.41) is 0. The van der Waals surface area contributed by atoms with Gasteiger partial charge in [0.2, 0.25) is 0 Å². The van der Waals surface area contributed by atoms with Gasteiger partial charge in [-0.1, -0.05) is 30.3 Å². The summed E-state index contributed by atoms with van der Waals surface area (Å²) in [6, 6.07) is 9.97. The van der Waals surface area contributed by atoms with E-state index in [1.807, 2.05) is 44.2 Å². The van der Waals surface area contributed by atoms with Gasteiger partial charge in [0, 0.05) is 0 Å². The summed E-state index contributed by atoms with van der Waals surface area (Å²) in [6.45, 7) is 7.23. The van der Waals surface area contributed by atoms with E-state index in [9.17, 15) is 0 Å². The number of benzene rings is 1. The highest BCUT2D eigenvalue weighted by Crippen LogP contribution is 2.24. The molecule has 0 saturated carbocycles. The van der Waals surface area contributed by atoms with Crippen LogP contribution < -0.4 is 0 Å². The molecule has 0 aliphatic carbocycles. The van der Waals surface area contributed by atoms with Crippen molar-refractivity contribution in [1.82, 2.24) is 0 Å². The van der Waals surface area contributed by atoms with E-state index in [0.29, 0.717) is 0 Å². The molecule has 0 bridgehead atoms. The Morgan fingerprint density at radius 1 is 1.15 bits per heavy atom. The van der Waals surface area contributed by atoms with Gasteiger partial charge in [0.1, 0.15) is 12.2 Å². The minimum absolute atomic E-state index is 0.409. The van der Waals surface area contributed by atoms with Gasteiger partial charge >= 0.3 is 0 Å². The van der Waals surface area contributed by atoms with Gasteiger partial charge in [-0.2, -0.15) is 0 Å². The molecule has 0 amide bonds. The lowest BCUT2D eigenvalue weighted by Crippen LogP contribution is -2.20. The average molecular weight is 179 g/mol. The van der Waals surface area contributed by atoms with Gasteiger partial charge in [0.15, 0.2) is 0 Å². The lowest BCUT2D eigenvalue weighted by Gasteiger charge is -2.23. The van der Waals surface area contributed by atoms with Crippen molar-refractivity contribution < 1.29 is 9.78 Å². The number of hydrogen-bond donors (Lipinski definition) is 0. The predicted octanol–water partition coefficient (Wildman–Crippen LogP) is 3.05. The quantitative estimate of drug-likeness (QED) is 0.522. The van der Waals surface area contributed by atoms with E-state index < -0.39 is 5.60 Å². The molecule has 0 aliphatic heterocycles. The fourth-order valence-corrected chi connectivity index (χ4v) is 1.06. The van der Waals surface area contributed by atoms with Crippen LogP contribution in [0.1, 0.15) is 26.3 Å². The second-order valence-corrected chi connectivity index (χ2v) is 3.29. The van der Waals surface area contributed by atoms with Crippen LogP contribution >= 0.6 is 0 Å². The minimum atomic E-state index is -0.409. The Labute approximate surface area is 79.4 Å². The zero-order valence-electron chi connectivity index (χ0n) is 8.28. The molecule has 2 heteroatoms. The van der Waals surface area contributed by atoms with Crippen LogP contribution in [0.2, 0.25) is 0 Å². The Morgan fingerprint density at radius 3 is 2.31 bits per heavy atom. The third-order valence-electron chi connectivity index (χ3n) is 1.82. The lowest BCUT2D eigenvalue weighted by molar-refractivity contribution is -0.335. The van der Waals surface area contributed by atoms with E-state index in [4.69, 9.17) is 9.78 Å². The fourth-order valence-electron chi connectivity index (χ4n) is 1.06. The third kappa shape index (κ3) is 2.83. The molecule has 1 rings (SSSR count).